The standard InChI is InChI=1S/C23H19N5O2/c29-14-15-4-6-16(7-5-15)20-2-1-3-21-26-23(27-28(20)21)25-19-10-8-17(9-11-19)22(30)24-18-12-13-18/h1-11,14,18H,12-13H2,(H,24,30)(H,25,27). The van der Waals surface area contributed by atoms with Crippen molar-refractivity contribution in [1.82, 2.24) is 19.9 Å². The normalized spacial score (nSPS) is 13.2. The molecule has 0 bridgehead atoms. The van der Waals surface area contributed by atoms with Gasteiger partial charge in [0, 0.05) is 28.4 Å². The van der Waals surface area contributed by atoms with Gasteiger partial charge < -0.3 is 10.6 Å². The van der Waals surface area contributed by atoms with E-state index >= 15 is 0 Å². The fourth-order valence-electron chi connectivity index (χ4n) is 3.24. The third-order valence-corrected chi connectivity index (χ3v) is 5.02. The number of nitrogens with one attached hydrogen (secondary N) is 2. The van der Waals surface area contributed by atoms with Gasteiger partial charge in [-0.15, -0.1) is 5.10 Å². The molecule has 30 heavy (non-hydrogen) atoms. The highest BCUT2D eigenvalue weighted by Gasteiger charge is 2.23. The predicted octanol–water partition coefficient (Wildman–Crippen LogP) is 3.84. The number of aromatic nitrogens is 3. The van der Waals surface area contributed by atoms with Crippen LogP contribution in [0.1, 0.15) is 33.6 Å². The van der Waals surface area contributed by atoms with E-state index in [9.17, 15) is 9.59 Å². The molecule has 148 valence electrons. The Bertz CT molecular complexity index is 1220. The zero-order valence-electron chi connectivity index (χ0n) is 16.1. The number of nitrogens with zero attached hydrogens (tertiary/aromatic N) is 3. The number of carbonyl (C=O) groups excluding carboxylic acids is 2. The number of pyridine rings is 1. The zero-order valence-corrected chi connectivity index (χ0v) is 16.1. The molecule has 1 fully saturated rings. The molecule has 0 aliphatic heterocycles. The maximum Gasteiger partial charge on any atom is 0.251 e. The topological polar surface area (TPSA) is 88.4 Å². The average molecular weight is 397 g/mol. The largest absolute Gasteiger partial charge is 0.349 e. The molecule has 2 N–H and O–H groups in total. The summed E-state index contributed by atoms with van der Waals surface area (Å²) in [5.41, 5.74) is 4.57. The number of anilines is 2. The minimum absolute atomic E-state index is 0.0415. The first-order chi connectivity index (χ1) is 14.7. The van der Waals surface area contributed by atoms with Crippen LogP contribution in [0.2, 0.25) is 0 Å². The second-order valence-electron chi connectivity index (χ2n) is 7.31. The summed E-state index contributed by atoms with van der Waals surface area (Å²) in [5.74, 6) is 0.419. The molecule has 0 unspecified atom stereocenters. The highest BCUT2D eigenvalue weighted by Crippen LogP contribution is 2.23. The maximum absolute atomic E-state index is 12.1. The Morgan fingerprint density at radius 1 is 1.00 bits per heavy atom. The van der Waals surface area contributed by atoms with Crippen LogP contribution in [0.4, 0.5) is 11.6 Å². The van der Waals surface area contributed by atoms with Crippen LogP contribution < -0.4 is 10.6 Å². The van der Waals surface area contributed by atoms with Crippen molar-refractivity contribution >= 4 is 29.5 Å². The van der Waals surface area contributed by atoms with Gasteiger partial charge in [-0.2, -0.15) is 4.98 Å². The second kappa shape index (κ2) is 7.44. The van der Waals surface area contributed by atoms with E-state index in [0.717, 1.165) is 36.1 Å². The van der Waals surface area contributed by atoms with Gasteiger partial charge in [-0.1, -0.05) is 30.3 Å². The van der Waals surface area contributed by atoms with Gasteiger partial charge in [0.2, 0.25) is 5.95 Å². The molecule has 7 nitrogen and oxygen atoms in total. The Morgan fingerprint density at radius 2 is 1.77 bits per heavy atom. The summed E-state index contributed by atoms with van der Waals surface area (Å²) in [4.78, 5) is 27.5. The monoisotopic (exact) mass is 397 g/mol. The van der Waals surface area contributed by atoms with Gasteiger partial charge in [0.15, 0.2) is 5.65 Å². The molecule has 1 amide bonds. The summed E-state index contributed by atoms with van der Waals surface area (Å²) < 4.78 is 1.76. The van der Waals surface area contributed by atoms with E-state index in [0.29, 0.717) is 28.8 Å². The molecule has 5 rings (SSSR count). The summed E-state index contributed by atoms with van der Waals surface area (Å²) in [6.07, 6.45) is 2.95. The van der Waals surface area contributed by atoms with Crippen LogP contribution in [0.15, 0.2) is 66.7 Å². The minimum atomic E-state index is -0.0415. The molecule has 2 heterocycles. The number of hydrogen-bond donors (Lipinski definition) is 2. The van der Waals surface area contributed by atoms with Crippen LogP contribution in [0, 0.1) is 0 Å². The Balaban J connectivity index is 1.38. The summed E-state index contributed by atoms with van der Waals surface area (Å²) in [5, 5.41) is 10.7. The van der Waals surface area contributed by atoms with Gasteiger partial charge in [-0.25, -0.2) is 4.52 Å². The highest BCUT2D eigenvalue weighted by molar-refractivity contribution is 5.95. The first-order valence-electron chi connectivity index (χ1n) is 9.79. The molecular weight excluding hydrogens is 378 g/mol. The van der Waals surface area contributed by atoms with Crippen molar-refractivity contribution in [1.29, 1.82) is 0 Å². The number of fused-ring (bicyclic) bond motifs is 1. The number of aldehydes is 1. The van der Waals surface area contributed by atoms with Crippen molar-refractivity contribution in [3.05, 3.63) is 77.9 Å². The third-order valence-electron chi connectivity index (χ3n) is 5.02. The Kier molecular flexibility index (Phi) is 4.48. The fraction of sp³-hybridized carbons (Fsp3) is 0.130. The van der Waals surface area contributed by atoms with E-state index in [-0.39, 0.29) is 5.91 Å². The van der Waals surface area contributed by atoms with Gasteiger partial charge >= 0.3 is 0 Å². The molecule has 0 atom stereocenters. The van der Waals surface area contributed by atoms with E-state index in [1.807, 2.05) is 42.5 Å². The molecule has 7 heteroatoms. The molecule has 1 saturated carbocycles. The van der Waals surface area contributed by atoms with E-state index in [1.165, 1.54) is 0 Å². The lowest BCUT2D eigenvalue weighted by Crippen LogP contribution is -2.25. The Morgan fingerprint density at radius 3 is 2.47 bits per heavy atom. The molecular formula is C23H19N5O2. The first kappa shape index (κ1) is 18.1. The van der Waals surface area contributed by atoms with Crippen LogP contribution in [0.3, 0.4) is 0 Å². The maximum atomic E-state index is 12.1. The van der Waals surface area contributed by atoms with E-state index in [1.54, 1.807) is 28.8 Å². The molecule has 2 aromatic carbocycles. The minimum Gasteiger partial charge on any atom is -0.349 e. The molecule has 1 aliphatic rings. The molecule has 4 aromatic rings. The van der Waals surface area contributed by atoms with Gasteiger partial charge in [-0.3, -0.25) is 9.59 Å². The van der Waals surface area contributed by atoms with Crippen molar-refractivity contribution in [2.45, 2.75) is 18.9 Å². The first-order valence-corrected chi connectivity index (χ1v) is 9.79. The number of carbonyl (C=O) groups is 2. The van der Waals surface area contributed by atoms with Gasteiger partial charge in [0.25, 0.3) is 5.91 Å². The molecule has 1 aliphatic carbocycles. The second-order valence-corrected chi connectivity index (χ2v) is 7.31. The van der Waals surface area contributed by atoms with E-state index in [4.69, 9.17) is 0 Å². The SMILES string of the molecule is O=Cc1ccc(-c2cccc3nc(Nc4ccc(C(=O)NC5CC5)cc4)nn23)cc1. The zero-order chi connectivity index (χ0) is 20.5. The number of hydrogen-bond acceptors (Lipinski definition) is 5. The van der Waals surface area contributed by atoms with E-state index < -0.39 is 0 Å². The number of benzene rings is 2. The quantitative estimate of drug-likeness (QED) is 0.483. The van der Waals surface area contributed by atoms with Crippen LogP contribution >= 0.6 is 0 Å². The molecule has 0 radical (unpaired) electrons. The number of amides is 1. The van der Waals surface area contributed by atoms with Crippen molar-refractivity contribution < 1.29 is 9.59 Å². The lowest BCUT2D eigenvalue weighted by molar-refractivity contribution is 0.0950. The lowest BCUT2D eigenvalue weighted by atomic mass is 10.1. The van der Waals surface area contributed by atoms with Crippen molar-refractivity contribution in [2.24, 2.45) is 0 Å². The van der Waals surface area contributed by atoms with Crippen LogP contribution in [-0.4, -0.2) is 32.8 Å². The Hall–Kier alpha value is -4.00. The summed E-state index contributed by atoms with van der Waals surface area (Å²) >= 11 is 0. The summed E-state index contributed by atoms with van der Waals surface area (Å²) in [6, 6.07) is 20.7. The summed E-state index contributed by atoms with van der Waals surface area (Å²) in [7, 11) is 0. The molecule has 0 saturated heterocycles. The number of rotatable bonds is 6. The third kappa shape index (κ3) is 3.65. The smallest absolute Gasteiger partial charge is 0.251 e. The van der Waals surface area contributed by atoms with Crippen molar-refractivity contribution in [3.8, 4) is 11.3 Å². The van der Waals surface area contributed by atoms with Crippen molar-refractivity contribution in [3.63, 3.8) is 0 Å². The summed E-state index contributed by atoms with van der Waals surface area (Å²) in [6.45, 7) is 0. The average Bonchev–Trinajstić information content (AvgIpc) is 3.50. The van der Waals surface area contributed by atoms with Crippen molar-refractivity contribution in [2.75, 3.05) is 5.32 Å². The predicted molar refractivity (Wildman–Crippen MR) is 114 cm³/mol. The van der Waals surface area contributed by atoms with Crippen LogP contribution in [0.25, 0.3) is 16.9 Å². The highest BCUT2D eigenvalue weighted by atomic mass is 16.1. The van der Waals surface area contributed by atoms with Gasteiger partial charge in [0.05, 0.1) is 5.69 Å². The van der Waals surface area contributed by atoms with Gasteiger partial charge in [-0.05, 0) is 49.2 Å². The van der Waals surface area contributed by atoms with E-state index in [2.05, 4.69) is 20.7 Å². The van der Waals surface area contributed by atoms with Gasteiger partial charge in [0.1, 0.15) is 6.29 Å². The van der Waals surface area contributed by atoms with Crippen LogP contribution in [-0.2, 0) is 0 Å². The molecule has 0 spiro atoms. The van der Waals surface area contributed by atoms with Crippen LogP contribution in [0.5, 0.6) is 0 Å². The lowest BCUT2D eigenvalue weighted by Gasteiger charge is -2.05. The molecule has 2 aromatic heterocycles. The fourth-order valence-corrected chi connectivity index (χ4v) is 3.24. The Labute approximate surface area is 172 Å².